The molecule has 6 heteroatoms. The standard InChI is InChI=1S/C13H17N3O2S/c17-12(10-7-19-8-15-10)11-4-2-6-16(11)13(18)9-3-1-5-14-9/h7-9,11,14H,1-6H2/t9-,11-/m0/s1. The van der Waals surface area contributed by atoms with E-state index in [1.54, 1.807) is 15.8 Å². The van der Waals surface area contributed by atoms with Crippen molar-refractivity contribution in [3.05, 3.63) is 16.6 Å². The van der Waals surface area contributed by atoms with E-state index in [0.717, 1.165) is 32.2 Å². The monoisotopic (exact) mass is 279 g/mol. The molecule has 1 N–H and O–H groups in total. The van der Waals surface area contributed by atoms with Crippen molar-refractivity contribution in [2.75, 3.05) is 13.1 Å². The van der Waals surface area contributed by atoms with Gasteiger partial charge in [0.2, 0.25) is 11.7 Å². The zero-order valence-corrected chi connectivity index (χ0v) is 11.5. The van der Waals surface area contributed by atoms with E-state index >= 15 is 0 Å². The van der Waals surface area contributed by atoms with Crippen molar-refractivity contribution in [2.45, 2.75) is 37.8 Å². The van der Waals surface area contributed by atoms with Gasteiger partial charge >= 0.3 is 0 Å². The minimum Gasteiger partial charge on any atom is -0.331 e. The van der Waals surface area contributed by atoms with Crippen LogP contribution in [0, 0.1) is 0 Å². The highest BCUT2D eigenvalue weighted by Gasteiger charge is 2.38. The number of Topliss-reactive ketones (excluding diaryl/α,β-unsaturated/α-hetero) is 1. The maximum Gasteiger partial charge on any atom is 0.240 e. The SMILES string of the molecule is O=C(c1cscn1)[C@@H]1CCCN1C(=O)[C@@H]1CCCN1. The van der Waals surface area contributed by atoms with E-state index in [9.17, 15) is 9.59 Å². The Labute approximate surface area is 116 Å². The summed E-state index contributed by atoms with van der Waals surface area (Å²) in [4.78, 5) is 30.6. The van der Waals surface area contributed by atoms with Crippen molar-refractivity contribution in [1.29, 1.82) is 0 Å². The van der Waals surface area contributed by atoms with Crippen molar-refractivity contribution in [2.24, 2.45) is 0 Å². The van der Waals surface area contributed by atoms with Gasteiger partial charge in [-0.05, 0) is 32.2 Å². The predicted octanol–water partition coefficient (Wildman–Crippen LogP) is 1.07. The van der Waals surface area contributed by atoms with Crippen molar-refractivity contribution in [1.82, 2.24) is 15.2 Å². The molecule has 1 amide bonds. The molecule has 0 unspecified atom stereocenters. The van der Waals surface area contributed by atoms with Gasteiger partial charge < -0.3 is 10.2 Å². The molecule has 2 atom stereocenters. The molecule has 19 heavy (non-hydrogen) atoms. The maximum atomic E-state index is 12.4. The number of ketones is 1. The summed E-state index contributed by atoms with van der Waals surface area (Å²) in [5.41, 5.74) is 2.15. The Kier molecular flexibility index (Phi) is 3.61. The summed E-state index contributed by atoms with van der Waals surface area (Å²) in [5, 5.41) is 4.97. The fourth-order valence-electron chi connectivity index (χ4n) is 2.90. The number of aromatic nitrogens is 1. The van der Waals surface area contributed by atoms with Gasteiger partial charge in [0.15, 0.2) is 0 Å². The molecule has 0 aromatic carbocycles. The van der Waals surface area contributed by atoms with Crippen LogP contribution in [0.15, 0.2) is 10.9 Å². The number of hydrogen-bond acceptors (Lipinski definition) is 5. The third-order valence-corrected chi connectivity index (χ3v) is 4.47. The van der Waals surface area contributed by atoms with Crippen molar-refractivity contribution in [3.8, 4) is 0 Å². The molecule has 102 valence electrons. The number of nitrogens with one attached hydrogen (secondary N) is 1. The van der Waals surface area contributed by atoms with Crippen molar-refractivity contribution in [3.63, 3.8) is 0 Å². The largest absolute Gasteiger partial charge is 0.331 e. The van der Waals surface area contributed by atoms with Gasteiger partial charge in [-0.15, -0.1) is 11.3 Å². The molecule has 2 fully saturated rings. The molecule has 3 heterocycles. The summed E-state index contributed by atoms with van der Waals surface area (Å²) >= 11 is 1.41. The number of carbonyl (C=O) groups excluding carboxylic acids is 2. The highest BCUT2D eigenvalue weighted by molar-refractivity contribution is 7.07. The lowest BCUT2D eigenvalue weighted by Gasteiger charge is -2.26. The lowest BCUT2D eigenvalue weighted by Crippen LogP contribution is -2.48. The molecule has 0 saturated carbocycles. The summed E-state index contributed by atoms with van der Waals surface area (Å²) in [5.74, 6) is 0.0775. The molecular formula is C13H17N3O2S. The molecule has 2 saturated heterocycles. The summed E-state index contributed by atoms with van der Waals surface area (Å²) < 4.78 is 0. The first-order chi connectivity index (χ1) is 9.27. The van der Waals surface area contributed by atoms with Gasteiger partial charge in [0.25, 0.3) is 0 Å². The summed E-state index contributed by atoms with van der Waals surface area (Å²) in [6.07, 6.45) is 3.58. The van der Waals surface area contributed by atoms with Crippen LogP contribution in [0.1, 0.15) is 36.2 Å². The van der Waals surface area contributed by atoms with Gasteiger partial charge in [-0.25, -0.2) is 4.98 Å². The Morgan fingerprint density at radius 2 is 2.26 bits per heavy atom. The third-order valence-electron chi connectivity index (χ3n) is 3.88. The van der Waals surface area contributed by atoms with E-state index in [-0.39, 0.29) is 23.8 Å². The number of hydrogen-bond donors (Lipinski definition) is 1. The van der Waals surface area contributed by atoms with Gasteiger partial charge in [0, 0.05) is 11.9 Å². The first kappa shape index (κ1) is 12.7. The predicted molar refractivity (Wildman–Crippen MR) is 72.2 cm³/mol. The molecule has 5 nitrogen and oxygen atoms in total. The van der Waals surface area contributed by atoms with E-state index in [1.807, 2.05) is 0 Å². The van der Waals surface area contributed by atoms with Crippen LogP contribution < -0.4 is 5.32 Å². The normalized spacial score (nSPS) is 26.8. The van der Waals surface area contributed by atoms with E-state index in [0.29, 0.717) is 12.2 Å². The molecule has 2 aliphatic rings. The van der Waals surface area contributed by atoms with Crippen LogP contribution >= 0.6 is 11.3 Å². The molecule has 2 aliphatic heterocycles. The molecule has 0 bridgehead atoms. The first-order valence-electron chi connectivity index (χ1n) is 6.73. The van der Waals surface area contributed by atoms with Crippen LogP contribution in [0.3, 0.4) is 0 Å². The first-order valence-corrected chi connectivity index (χ1v) is 7.68. The van der Waals surface area contributed by atoms with Crippen LogP contribution in [0.4, 0.5) is 0 Å². The number of carbonyl (C=O) groups is 2. The Morgan fingerprint density at radius 3 is 2.95 bits per heavy atom. The van der Waals surface area contributed by atoms with Gasteiger partial charge in [-0.1, -0.05) is 0 Å². The smallest absolute Gasteiger partial charge is 0.240 e. The molecule has 0 radical (unpaired) electrons. The lowest BCUT2D eigenvalue weighted by molar-refractivity contribution is -0.133. The Balaban J connectivity index is 1.74. The molecule has 3 rings (SSSR count). The summed E-state index contributed by atoms with van der Waals surface area (Å²) in [6, 6.07) is -0.402. The second-order valence-electron chi connectivity index (χ2n) is 5.08. The van der Waals surface area contributed by atoms with Crippen LogP contribution in [0.5, 0.6) is 0 Å². The Morgan fingerprint density at radius 1 is 1.37 bits per heavy atom. The maximum absolute atomic E-state index is 12.4. The highest BCUT2D eigenvalue weighted by atomic mass is 32.1. The summed E-state index contributed by atoms with van der Waals surface area (Å²) in [7, 11) is 0. The van der Waals surface area contributed by atoms with Gasteiger partial charge in [0.05, 0.1) is 17.6 Å². The third kappa shape index (κ3) is 2.42. The number of rotatable bonds is 3. The molecule has 1 aromatic rings. The second-order valence-corrected chi connectivity index (χ2v) is 5.80. The van der Waals surface area contributed by atoms with Gasteiger partial charge in [0.1, 0.15) is 5.69 Å². The zero-order chi connectivity index (χ0) is 13.2. The average molecular weight is 279 g/mol. The average Bonchev–Trinajstić information content (AvgIpc) is 3.16. The van der Waals surface area contributed by atoms with E-state index in [1.165, 1.54) is 11.3 Å². The minimum atomic E-state index is -0.308. The molecule has 0 spiro atoms. The lowest BCUT2D eigenvalue weighted by atomic mass is 10.1. The quantitative estimate of drug-likeness (QED) is 0.841. The fraction of sp³-hybridized carbons (Fsp3) is 0.615. The highest BCUT2D eigenvalue weighted by Crippen LogP contribution is 2.23. The number of nitrogens with zero attached hydrogens (tertiary/aromatic N) is 2. The second kappa shape index (κ2) is 5.38. The van der Waals surface area contributed by atoms with Crippen molar-refractivity contribution < 1.29 is 9.59 Å². The number of thiazole rings is 1. The fourth-order valence-corrected chi connectivity index (χ4v) is 3.44. The Bertz CT molecular complexity index is 468. The van der Waals surface area contributed by atoms with Crippen LogP contribution in [0.2, 0.25) is 0 Å². The number of likely N-dealkylation sites (tertiary alicyclic amines) is 1. The minimum absolute atomic E-state index is 0.00917. The van der Waals surface area contributed by atoms with Crippen LogP contribution in [-0.2, 0) is 4.79 Å². The van der Waals surface area contributed by atoms with Crippen LogP contribution in [-0.4, -0.2) is 46.7 Å². The molecular weight excluding hydrogens is 262 g/mol. The molecule has 1 aromatic heterocycles. The Hall–Kier alpha value is -1.27. The zero-order valence-electron chi connectivity index (χ0n) is 10.7. The van der Waals surface area contributed by atoms with Crippen molar-refractivity contribution >= 4 is 23.0 Å². The van der Waals surface area contributed by atoms with Gasteiger partial charge in [-0.3, -0.25) is 9.59 Å². The topological polar surface area (TPSA) is 62.3 Å². The van der Waals surface area contributed by atoms with Crippen LogP contribution in [0.25, 0.3) is 0 Å². The summed E-state index contributed by atoms with van der Waals surface area (Å²) in [6.45, 7) is 1.59. The van der Waals surface area contributed by atoms with E-state index in [2.05, 4.69) is 10.3 Å². The van der Waals surface area contributed by atoms with E-state index < -0.39 is 0 Å². The molecule has 0 aliphatic carbocycles. The van der Waals surface area contributed by atoms with E-state index in [4.69, 9.17) is 0 Å². The number of amides is 1. The van der Waals surface area contributed by atoms with Gasteiger partial charge in [-0.2, -0.15) is 0 Å².